The van der Waals surface area contributed by atoms with Gasteiger partial charge in [0.1, 0.15) is 5.75 Å². The monoisotopic (exact) mass is 398 g/mol. The van der Waals surface area contributed by atoms with Gasteiger partial charge in [0.15, 0.2) is 5.96 Å². The minimum absolute atomic E-state index is 0.162. The van der Waals surface area contributed by atoms with Crippen molar-refractivity contribution < 1.29 is 18.3 Å². The topological polar surface area (TPSA) is 49.3 Å². The fourth-order valence-electron chi connectivity index (χ4n) is 3.31. The lowest BCUT2D eigenvalue weighted by Crippen LogP contribution is -2.49. The summed E-state index contributed by atoms with van der Waals surface area (Å²) in [6.45, 7) is 8.13. The molecule has 1 aliphatic heterocycles. The Morgan fingerprint density at radius 3 is 2.71 bits per heavy atom. The molecule has 1 N–H and O–H groups in total. The quantitative estimate of drug-likeness (QED) is 0.539. The van der Waals surface area contributed by atoms with Crippen LogP contribution in [-0.2, 0) is 11.3 Å². The number of halogens is 2. The molecule has 0 aromatic heterocycles. The first kappa shape index (κ1) is 22.4. The standard InChI is InChI=1S/C20H32F2N4O2/c1-5-23-20(24-12-15(2)26-10-11-27-14-16(26)3)25(4)13-17-6-8-18(9-7-17)28-19(21)22/h6-9,15-16,19H,5,10-14H2,1-4H3,(H,23,24). The van der Waals surface area contributed by atoms with E-state index in [9.17, 15) is 8.78 Å². The zero-order valence-corrected chi connectivity index (χ0v) is 17.2. The molecule has 1 aromatic carbocycles. The Balaban J connectivity index is 1.96. The Morgan fingerprint density at radius 2 is 2.11 bits per heavy atom. The molecule has 2 rings (SSSR count). The van der Waals surface area contributed by atoms with Gasteiger partial charge in [-0.05, 0) is 38.5 Å². The van der Waals surface area contributed by atoms with E-state index in [0.717, 1.165) is 37.8 Å². The number of morpholine rings is 1. The Kier molecular flexibility index (Phi) is 8.92. The van der Waals surface area contributed by atoms with Crippen LogP contribution in [0.4, 0.5) is 8.78 Å². The maximum absolute atomic E-state index is 12.3. The maximum Gasteiger partial charge on any atom is 0.387 e. The van der Waals surface area contributed by atoms with Crippen molar-refractivity contribution in [2.24, 2.45) is 4.99 Å². The third-order valence-corrected chi connectivity index (χ3v) is 4.76. The van der Waals surface area contributed by atoms with Gasteiger partial charge in [-0.3, -0.25) is 9.89 Å². The summed E-state index contributed by atoms with van der Waals surface area (Å²) >= 11 is 0. The van der Waals surface area contributed by atoms with Crippen molar-refractivity contribution in [1.29, 1.82) is 0 Å². The van der Waals surface area contributed by atoms with Crippen LogP contribution in [0.3, 0.4) is 0 Å². The minimum atomic E-state index is -2.81. The third kappa shape index (κ3) is 6.91. The predicted octanol–water partition coefficient (Wildman–Crippen LogP) is 2.79. The van der Waals surface area contributed by atoms with E-state index in [1.807, 2.05) is 18.9 Å². The molecule has 0 radical (unpaired) electrons. The summed E-state index contributed by atoms with van der Waals surface area (Å²) in [6, 6.07) is 7.41. The van der Waals surface area contributed by atoms with E-state index in [1.54, 1.807) is 24.3 Å². The largest absolute Gasteiger partial charge is 0.435 e. The van der Waals surface area contributed by atoms with Crippen molar-refractivity contribution in [1.82, 2.24) is 15.1 Å². The van der Waals surface area contributed by atoms with Gasteiger partial charge in [-0.15, -0.1) is 0 Å². The van der Waals surface area contributed by atoms with Crippen LogP contribution in [0.2, 0.25) is 0 Å². The van der Waals surface area contributed by atoms with Crippen molar-refractivity contribution in [2.45, 2.75) is 46.0 Å². The van der Waals surface area contributed by atoms with Gasteiger partial charge in [-0.2, -0.15) is 8.78 Å². The van der Waals surface area contributed by atoms with E-state index < -0.39 is 6.61 Å². The molecule has 0 spiro atoms. The summed E-state index contributed by atoms with van der Waals surface area (Å²) < 4.78 is 34.4. The van der Waals surface area contributed by atoms with Gasteiger partial charge < -0.3 is 19.7 Å². The van der Waals surface area contributed by atoms with Crippen LogP contribution in [0.1, 0.15) is 26.3 Å². The smallest absolute Gasteiger partial charge is 0.387 e. The van der Waals surface area contributed by atoms with Crippen molar-refractivity contribution in [3.8, 4) is 5.75 Å². The summed E-state index contributed by atoms with van der Waals surface area (Å²) in [5.41, 5.74) is 0.990. The van der Waals surface area contributed by atoms with Gasteiger partial charge in [0.25, 0.3) is 0 Å². The molecule has 1 aromatic rings. The summed E-state index contributed by atoms with van der Waals surface area (Å²) in [5, 5.41) is 3.32. The van der Waals surface area contributed by atoms with Crippen LogP contribution in [0.5, 0.6) is 5.75 Å². The van der Waals surface area contributed by atoms with E-state index >= 15 is 0 Å². The van der Waals surface area contributed by atoms with E-state index in [0.29, 0.717) is 25.2 Å². The Bertz CT molecular complexity index is 613. The first-order chi connectivity index (χ1) is 13.4. The maximum atomic E-state index is 12.3. The van der Waals surface area contributed by atoms with Crippen molar-refractivity contribution >= 4 is 5.96 Å². The van der Waals surface area contributed by atoms with E-state index in [1.165, 1.54) is 0 Å². The van der Waals surface area contributed by atoms with Crippen molar-refractivity contribution in [3.05, 3.63) is 29.8 Å². The van der Waals surface area contributed by atoms with Gasteiger partial charge in [0.2, 0.25) is 0 Å². The zero-order valence-electron chi connectivity index (χ0n) is 17.2. The third-order valence-electron chi connectivity index (χ3n) is 4.76. The molecule has 8 heteroatoms. The van der Waals surface area contributed by atoms with Crippen LogP contribution in [-0.4, -0.2) is 74.4 Å². The highest BCUT2D eigenvalue weighted by Crippen LogP contribution is 2.16. The first-order valence-electron chi connectivity index (χ1n) is 9.77. The lowest BCUT2D eigenvalue weighted by atomic mass is 10.2. The summed E-state index contributed by atoms with van der Waals surface area (Å²) in [5.74, 6) is 0.985. The number of hydrogen-bond donors (Lipinski definition) is 1. The number of ether oxygens (including phenoxy) is 2. The molecule has 0 amide bonds. The van der Waals surface area contributed by atoms with Crippen molar-refractivity contribution in [2.75, 3.05) is 39.9 Å². The molecular formula is C20H32F2N4O2. The van der Waals surface area contributed by atoms with Crippen LogP contribution < -0.4 is 10.1 Å². The number of nitrogens with one attached hydrogen (secondary N) is 1. The minimum Gasteiger partial charge on any atom is -0.435 e. The predicted molar refractivity (Wildman–Crippen MR) is 107 cm³/mol. The molecule has 1 heterocycles. The Labute approximate surface area is 166 Å². The van der Waals surface area contributed by atoms with Crippen LogP contribution in [0.15, 0.2) is 29.3 Å². The highest BCUT2D eigenvalue weighted by Gasteiger charge is 2.23. The first-order valence-corrected chi connectivity index (χ1v) is 9.77. The van der Waals surface area contributed by atoms with Crippen LogP contribution in [0, 0.1) is 0 Å². The summed E-state index contributed by atoms with van der Waals surface area (Å²) in [6.07, 6.45) is 0. The fraction of sp³-hybridized carbons (Fsp3) is 0.650. The number of alkyl halides is 2. The molecule has 0 saturated carbocycles. The average Bonchev–Trinajstić information content (AvgIpc) is 2.66. The lowest BCUT2D eigenvalue weighted by Gasteiger charge is -2.37. The van der Waals surface area contributed by atoms with E-state index in [4.69, 9.17) is 9.73 Å². The molecule has 0 bridgehead atoms. The second kappa shape index (κ2) is 11.2. The second-order valence-corrected chi connectivity index (χ2v) is 7.08. The van der Waals surface area contributed by atoms with Crippen molar-refractivity contribution in [3.63, 3.8) is 0 Å². The molecular weight excluding hydrogens is 366 g/mol. The molecule has 28 heavy (non-hydrogen) atoms. The molecule has 158 valence electrons. The SMILES string of the molecule is CCNC(=NCC(C)N1CCOCC1C)N(C)Cc1ccc(OC(F)F)cc1. The Morgan fingerprint density at radius 1 is 1.39 bits per heavy atom. The van der Waals surface area contributed by atoms with Gasteiger partial charge >= 0.3 is 6.61 Å². The van der Waals surface area contributed by atoms with Gasteiger partial charge in [-0.25, -0.2) is 0 Å². The van der Waals surface area contributed by atoms with Gasteiger partial charge in [-0.1, -0.05) is 12.1 Å². The molecule has 2 unspecified atom stereocenters. The highest BCUT2D eigenvalue weighted by molar-refractivity contribution is 5.79. The van der Waals surface area contributed by atoms with E-state index in [-0.39, 0.29) is 5.75 Å². The fourth-order valence-corrected chi connectivity index (χ4v) is 3.31. The molecule has 0 aliphatic carbocycles. The molecule has 1 aliphatic rings. The zero-order chi connectivity index (χ0) is 20.5. The normalized spacial score (nSPS) is 19.5. The van der Waals surface area contributed by atoms with Crippen LogP contribution in [0.25, 0.3) is 0 Å². The van der Waals surface area contributed by atoms with Gasteiger partial charge in [0.05, 0.1) is 19.8 Å². The number of benzene rings is 1. The second-order valence-electron chi connectivity index (χ2n) is 7.08. The number of hydrogen-bond acceptors (Lipinski definition) is 4. The molecule has 2 atom stereocenters. The number of aliphatic imine (C=N–C) groups is 1. The Hall–Kier alpha value is -1.93. The number of rotatable bonds is 8. The molecule has 1 saturated heterocycles. The molecule has 1 fully saturated rings. The number of nitrogens with zero attached hydrogens (tertiary/aromatic N) is 3. The van der Waals surface area contributed by atoms with Gasteiger partial charge in [0, 0.05) is 38.8 Å². The summed E-state index contributed by atoms with van der Waals surface area (Å²) in [7, 11) is 1.97. The average molecular weight is 398 g/mol. The molecule has 6 nitrogen and oxygen atoms in total. The van der Waals surface area contributed by atoms with Crippen LogP contribution >= 0.6 is 0 Å². The highest BCUT2D eigenvalue weighted by atomic mass is 19.3. The lowest BCUT2D eigenvalue weighted by molar-refractivity contribution is -0.0498. The summed E-state index contributed by atoms with van der Waals surface area (Å²) in [4.78, 5) is 9.26. The number of guanidine groups is 1. The van der Waals surface area contributed by atoms with E-state index in [2.05, 4.69) is 28.8 Å².